The Morgan fingerprint density at radius 1 is 0.955 bits per heavy atom. The summed E-state index contributed by atoms with van der Waals surface area (Å²) in [6.07, 6.45) is -2.34. The standard InChI is InChI=1S/C16H15NO5/c18-14(11-7-3-1-4-8-11)13(15(19)20)17-16(21)22-12-9-5-2-6-10-12/h1-10,13-14,18H,(H,17,21)(H,19,20). The average Bonchev–Trinajstić information content (AvgIpc) is 2.53. The SMILES string of the molecule is O=C(NC(C(=O)O)C(O)c1ccccc1)Oc1ccccc1. The van der Waals surface area contributed by atoms with E-state index in [1.807, 2.05) is 0 Å². The second-order valence-corrected chi connectivity index (χ2v) is 4.52. The lowest BCUT2D eigenvalue weighted by Gasteiger charge is -2.20. The van der Waals surface area contributed by atoms with E-state index in [2.05, 4.69) is 5.32 Å². The van der Waals surface area contributed by atoms with E-state index in [0.717, 1.165) is 0 Å². The van der Waals surface area contributed by atoms with Crippen molar-refractivity contribution in [1.82, 2.24) is 5.32 Å². The van der Waals surface area contributed by atoms with Crippen molar-refractivity contribution in [1.29, 1.82) is 0 Å². The first kappa shape index (κ1) is 15.5. The van der Waals surface area contributed by atoms with Crippen LogP contribution in [0, 0.1) is 0 Å². The molecule has 6 nitrogen and oxygen atoms in total. The van der Waals surface area contributed by atoms with Gasteiger partial charge in [-0.3, -0.25) is 0 Å². The number of carboxylic acid groups (broad SMARTS) is 1. The van der Waals surface area contributed by atoms with Gasteiger partial charge in [-0.25, -0.2) is 9.59 Å². The Labute approximate surface area is 127 Å². The highest BCUT2D eigenvalue weighted by molar-refractivity contribution is 5.81. The first-order valence-electron chi connectivity index (χ1n) is 6.57. The molecule has 0 aliphatic carbocycles. The lowest BCUT2D eigenvalue weighted by atomic mass is 10.0. The number of aliphatic carboxylic acids is 1. The highest BCUT2D eigenvalue weighted by atomic mass is 16.6. The van der Waals surface area contributed by atoms with Gasteiger partial charge in [0.15, 0.2) is 6.04 Å². The summed E-state index contributed by atoms with van der Waals surface area (Å²) in [6, 6.07) is 14.9. The minimum Gasteiger partial charge on any atom is -0.480 e. The smallest absolute Gasteiger partial charge is 0.413 e. The number of carboxylic acids is 1. The fourth-order valence-electron chi connectivity index (χ4n) is 1.87. The molecule has 6 heteroatoms. The van der Waals surface area contributed by atoms with E-state index in [-0.39, 0.29) is 5.75 Å². The summed E-state index contributed by atoms with van der Waals surface area (Å²) in [5.74, 6) is -1.08. The number of aliphatic hydroxyl groups excluding tert-OH is 1. The van der Waals surface area contributed by atoms with Crippen molar-refractivity contribution < 1.29 is 24.5 Å². The number of carbonyl (C=O) groups excluding carboxylic acids is 1. The molecule has 2 unspecified atom stereocenters. The Morgan fingerprint density at radius 2 is 1.50 bits per heavy atom. The number of aliphatic hydroxyl groups is 1. The molecule has 1 amide bonds. The first-order valence-corrected chi connectivity index (χ1v) is 6.57. The van der Waals surface area contributed by atoms with Gasteiger partial charge in [0.1, 0.15) is 11.9 Å². The van der Waals surface area contributed by atoms with Gasteiger partial charge in [0.05, 0.1) is 0 Å². The van der Waals surface area contributed by atoms with Crippen molar-refractivity contribution in [3.63, 3.8) is 0 Å². The number of hydrogen-bond acceptors (Lipinski definition) is 4. The van der Waals surface area contributed by atoms with Crippen molar-refractivity contribution >= 4 is 12.1 Å². The molecule has 2 rings (SSSR count). The van der Waals surface area contributed by atoms with E-state index in [4.69, 9.17) is 4.74 Å². The van der Waals surface area contributed by atoms with Crippen molar-refractivity contribution in [2.45, 2.75) is 12.1 Å². The molecular formula is C16H15NO5. The molecule has 0 bridgehead atoms. The molecule has 2 atom stereocenters. The van der Waals surface area contributed by atoms with Gasteiger partial charge in [-0.15, -0.1) is 0 Å². The number of rotatable bonds is 5. The van der Waals surface area contributed by atoms with Crippen molar-refractivity contribution in [3.8, 4) is 5.75 Å². The Hall–Kier alpha value is -2.86. The molecule has 0 saturated carbocycles. The molecule has 3 N–H and O–H groups in total. The fourth-order valence-corrected chi connectivity index (χ4v) is 1.87. The number of benzene rings is 2. The number of para-hydroxylation sites is 1. The molecule has 2 aromatic rings. The average molecular weight is 301 g/mol. The summed E-state index contributed by atoms with van der Waals surface area (Å²) in [5.41, 5.74) is 0.384. The van der Waals surface area contributed by atoms with Gasteiger partial charge >= 0.3 is 12.1 Å². The summed E-state index contributed by atoms with van der Waals surface area (Å²) in [7, 11) is 0. The van der Waals surface area contributed by atoms with E-state index in [0.29, 0.717) is 5.56 Å². The zero-order chi connectivity index (χ0) is 15.9. The van der Waals surface area contributed by atoms with Crippen LogP contribution >= 0.6 is 0 Å². The maximum atomic E-state index is 11.8. The largest absolute Gasteiger partial charge is 0.480 e. The van der Waals surface area contributed by atoms with Gasteiger partial charge < -0.3 is 20.3 Å². The lowest BCUT2D eigenvalue weighted by molar-refractivity contribution is -0.142. The Morgan fingerprint density at radius 3 is 2.05 bits per heavy atom. The van der Waals surface area contributed by atoms with Crippen LogP contribution in [0.5, 0.6) is 5.75 Å². The summed E-state index contributed by atoms with van der Waals surface area (Å²) in [5, 5.41) is 21.5. The minimum atomic E-state index is -1.52. The van der Waals surface area contributed by atoms with Gasteiger partial charge in [-0.05, 0) is 17.7 Å². The third kappa shape index (κ3) is 4.07. The molecule has 0 fully saturated rings. The van der Waals surface area contributed by atoms with Crippen LogP contribution in [0.2, 0.25) is 0 Å². The predicted octanol–water partition coefficient (Wildman–Crippen LogP) is 1.96. The first-order chi connectivity index (χ1) is 10.6. The van der Waals surface area contributed by atoms with Gasteiger partial charge in [0.2, 0.25) is 0 Å². The van der Waals surface area contributed by atoms with Crippen LogP contribution < -0.4 is 10.1 Å². The molecule has 0 radical (unpaired) electrons. The third-order valence-electron chi connectivity index (χ3n) is 2.95. The molecule has 2 aromatic carbocycles. The molecule has 0 saturated heterocycles. The van der Waals surface area contributed by atoms with Crippen LogP contribution in [0.25, 0.3) is 0 Å². The second-order valence-electron chi connectivity index (χ2n) is 4.52. The number of nitrogens with one attached hydrogen (secondary N) is 1. The van der Waals surface area contributed by atoms with Gasteiger partial charge in [0, 0.05) is 0 Å². The number of amides is 1. The van der Waals surface area contributed by atoms with E-state index in [9.17, 15) is 19.8 Å². The van der Waals surface area contributed by atoms with Crippen molar-refractivity contribution in [2.24, 2.45) is 0 Å². The molecule has 22 heavy (non-hydrogen) atoms. The van der Waals surface area contributed by atoms with Gasteiger partial charge in [-0.2, -0.15) is 0 Å². The minimum absolute atomic E-state index is 0.276. The molecule has 0 spiro atoms. The van der Waals surface area contributed by atoms with Crippen LogP contribution in [0.3, 0.4) is 0 Å². The normalized spacial score (nSPS) is 13.0. The van der Waals surface area contributed by atoms with Crippen LogP contribution in [0.1, 0.15) is 11.7 Å². The topological polar surface area (TPSA) is 95.9 Å². The lowest BCUT2D eigenvalue weighted by Crippen LogP contribution is -2.46. The van der Waals surface area contributed by atoms with Crippen LogP contribution in [0.15, 0.2) is 60.7 Å². The second kappa shape index (κ2) is 7.24. The molecule has 0 heterocycles. The molecular weight excluding hydrogens is 286 g/mol. The summed E-state index contributed by atoms with van der Waals surface area (Å²) < 4.78 is 4.96. The predicted molar refractivity (Wildman–Crippen MR) is 78.4 cm³/mol. The summed E-state index contributed by atoms with van der Waals surface area (Å²) in [4.78, 5) is 23.0. The van der Waals surface area contributed by atoms with E-state index < -0.39 is 24.2 Å². The fraction of sp³-hybridized carbons (Fsp3) is 0.125. The van der Waals surface area contributed by atoms with E-state index in [1.165, 1.54) is 0 Å². The van der Waals surface area contributed by atoms with E-state index >= 15 is 0 Å². The molecule has 0 aliphatic rings. The van der Waals surface area contributed by atoms with Crippen LogP contribution in [0.4, 0.5) is 4.79 Å². The van der Waals surface area contributed by atoms with Gasteiger partial charge in [-0.1, -0.05) is 48.5 Å². The van der Waals surface area contributed by atoms with Gasteiger partial charge in [0.25, 0.3) is 0 Å². The maximum Gasteiger partial charge on any atom is 0.413 e. The Bertz CT molecular complexity index is 629. The molecule has 0 aromatic heterocycles. The zero-order valence-electron chi connectivity index (χ0n) is 11.5. The number of carbonyl (C=O) groups is 2. The highest BCUT2D eigenvalue weighted by Crippen LogP contribution is 2.17. The molecule has 114 valence electrons. The van der Waals surface area contributed by atoms with Crippen LogP contribution in [-0.4, -0.2) is 28.3 Å². The summed E-state index contributed by atoms with van der Waals surface area (Å²) >= 11 is 0. The third-order valence-corrected chi connectivity index (χ3v) is 2.95. The monoisotopic (exact) mass is 301 g/mol. The maximum absolute atomic E-state index is 11.8. The summed E-state index contributed by atoms with van der Waals surface area (Å²) in [6.45, 7) is 0. The Balaban J connectivity index is 2.06. The van der Waals surface area contributed by atoms with Crippen molar-refractivity contribution in [2.75, 3.05) is 0 Å². The zero-order valence-corrected chi connectivity index (χ0v) is 11.5. The number of hydrogen-bond donors (Lipinski definition) is 3. The number of ether oxygens (including phenoxy) is 1. The quantitative estimate of drug-likeness (QED) is 0.784. The Kier molecular flexibility index (Phi) is 5.11. The van der Waals surface area contributed by atoms with E-state index in [1.54, 1.807) is 60.7 Å². The molecule has 0 aliphatic heterocycles. The van der Waals surface area contributed by atoms with Crippen LogP contribution in [-0.2, 0) is 4.79 Å². The highest BCUT2D eigenvalue weighted by Gasteiger charge is 2.30. The van der Waals surface area contributed by atoms with Crippen molar-refractivity contribution in [3.05, 3.63) is 66.2 Å².